The van der Waals surface area contributed by atoms with Crippen LogP contribution in [0.25, 0.3) is 0 Å². The van der Waals surface area contributed by atoms with Gasteiger partial charge in [0.15, 0.2) is 0 Å². The molecule has 0 aromatic carbocycles. The Morgan fingerprint density at radius 1 is 1.33 bits per heavy atom. The van der Waals surface area contributed by atoms with Gasteiger partial charge >= 0.3 is 0 Å². The lowest BCUT2D eigenvalue weighted by Gasteiger charge is -2.20. The van der Waals surface area contributed by atoms with Crippen LogP contribution in [-0.2, 0) is 6.54 Å². The van der Waals surface area contributed by atoms with E-state index in [2.05, 4.69) is 36.0 Å². The van der Waals surface area contributed by atoms with E-state index in [0.29, 0.717) is 0 Å². The van der Waals surface area contributed by atoms with E-state index < -0.39 is 0 Å². The largest absolute Gasteiger partial charge is 0.311 e. The van der Waals surface area contributed by atoms with Crippen molar-refractivity contribution in [3.63, 3.8) is 0 Å². The number of rotatable bonds is 6. The molecule has 18 heavy (non-hydrogen) atoms. The first-order valence-electron chi connectivity index (χ1n) is 7.01. The van der Waals surface area contributed by atoms with Gasteiger partial charge < -0.3 is 10.2 Å². The molecule has 1 fully saturated rings. The van der Waals surface area contributed by atoms with E-state index in [1.165, 1.54) is 48.1 Å². The fraction of sp³-hybridized carbons (Fsp3) is 0.786. The van der Waals surface area contributed by atoms with Gasteiger partial charge in [-0.25, -0.2) is 4.98 Å². The van der Waals surface area contributed by atoms with Crippen molar-refractivity contribution in [2.75, 3.05) is 26.2 Å². The molecule has 1 unspecified atom stereocenters. The van der Waals surface area contributed by atoms with Crippen molar-refractivity contribution in [3.8, 4) is 0 Å². The summed E-state index contributed by atoms with van der Waals surface area (Å²) in [5.74, 6) is 0.734. The first-order chi connectivity index (χ1) is 8.65. The van der Waals surface area contributed by atoms with E-state index in [1.54, 1.807) is 0 Å². The quantitative estimate of drug-likeness (QED) is 0.858. The van der Waals surface area contributed by atoms with Crippen LogP contribution >= 0.6 is 11.3 Å². The maximum atomic E-state index is 4.46. The lowest BCUT2D eigenvalue weighted by Crippen LogP contribution is -2.31. The van der Waals surface area contributed by atoms with Crippen molar-refractivity contribution in [3.05, 3.63) is 15.6 Å². The third kappa shape index (κ3) is 4.04. The van der Waals surface area contributed by atoms with Gasteiger partial charge in [0.25, 0.3) is 0 Å². The molecule has 0 bridgehead atoms. The molecule has 0 radical (unpaired) electrons. The van der Waals surface area contributed by atoms with Gasteiger partial charge in [-0.2, -0.15) is 0 Å². The van der Waals surface area contributed by atoms with Crippen LogP contribution in [0.15, 0.2) is 0 Å². The highest BCUT2D eigenvalue weighted by atomic mass is 32.1. The molecule has 1 aliphatic heterocycles. The van der Waals surface area contributed by atoms with Crippen molar-refractivity contribution in [1.82, 2.24) is 15.2 Å². The van der Waals surface area contributed by atoms with Gasteiger partial charge in [0.2, 0.25) is 0 Å². The summed E-state index contributed by atoms with van der Waals surface area (Å²) in [5.41, 5.74) is 1.19. The third-order valence-electron chi connectivity index (χ3n) is 3.55. The summed E-state index contributed by atoms with van der Waals surface area (Å²) >= 11 is 1.81. The summed E-state index contributed by atoms with van der Waals surface area (Å²) in [5, 5.41) is 4.75. The van der Waals surface area contributed by atoms with Gasteiger partial charge in [0.1, 0.15) is 0 Å². The summed E-state index contributed by atoms with van der Waals surface area (Å²) < 4.78 is 0. The lowest BCUT2D eigenvalue weighted by atomic mass is 10.1. The van der Waals surface area contributed by atoms with Crippen molar-refractivity contribution in [2.45, 2.75) is 40.2 Å². The minimum atomic E-state index is 0.734. The molecular weight excluding hydrogens is 242 g/mol. The maximum Gasteiger partial charge on any atom is 0.0900 e. The minimum absolute atomic E-state index is 0.734. The number of aromatic nitrogens is 1. The second kappa shape index (κ2) is 6.64. The molecule has 1 aliphatic rings. The number of thiazole rings is 1. The van der Waals surface area contributed by atoms with E-state index in [1.807, 2.05) is 11.3 Å². The van der Waals surface area contributed by atoms with E-state index in [4.69, 9.17) is 0 Å². The molecule has 1 aromatic rings. The Bertz CT molecular complexity index is 369. The summed E-state index contributed by atoms with van der Waals surface area (Å²) in [7, 11) is 0. The number of hydrogen-bond acceptors (Lipinski definition) is 4. The van der Waals surface area contributed by atoms with E-state index in [-0.39, 0.29) is 0 Å². The van der Waals surface area contributed by atoms with Crippen LogP contribution in [0.2, 0.25) is 0 Å². The topological polar surface area (TPSA) is 28.2 Å². The Hall–Kier alpha value is -0.450. The molecule has 3 nitrogen and oxygen atoms in total. The zero-order valence-corrected chi connectivity index (χ0v) is 12.6. The maximum absolute atomic E-state index is 4.46. The van der Waals surface area contributed by atoms with Gasteiger partial charge in [-0.15, -0.1) is 11.3 Å². The number of aryl methyl sites for hydroxylation is 2. The smallest absolute Gasteiger partial charge is 0.0900 e. The molecule has 2 rings (SSSR count). The van der Waals surface area contributed by atoms with Gasteiger partial charge in [-0.3, -0.25) is 0 Å². The molecular formula is C14H25N3S. The molecule has 2 heterocycles. The fourth-order valence-electron chi connectivity index (χ4n) is 2.64. The molecule has 0 aliphatic carbocycles. The normalized spacial score (nSPS) is 18.4. The van der Waals surface area contributed by atoms with Crippen LogP contribution in [-0.4, -0.2) is 36.1 Å². The molecule has 102 valence electrons. The number of likely N-dealkylation sites (tertiary alicyclic amines) is 1. The van der Waals surface area contributed by atoms with E-state index in [9.17, 15) is 0 Å². The zero-order chi connectivity index (χ0) is 13.0. The Morgan fingerprint density at radius 2 is 2.06 bits per heavy atom. The first kappa shape index (κ1) is 14.0. The highest BCUT2D eigenvalue weighted by Crippen LogP contribution is 2.16. The van der Waals surface area contributed by atoms with Gasteiger partial charge in [-0.05, 0) is 52.2 Å². The first-order valence-corrected chi connectivity index (χ1v) is 7.83. The Balaban J connectivity index is 1.66. The molecule has 1 saturated heterocycles. The average molecular weight is 267 g/mol. The van der Waals surface area contributed by atoms with Crippen molar-refractivity contribution in [2.24, 2.45) is 5.92 Å². The molecule has 1 N–H and O–H groups in total. The van der Waals surface area contributed by atoms with Crippen molar-refractivity contribution in [1.29, 1.82) is 0 Å². The summed E-state index contributed by atoms with van der Waals surface area (Å²) in [6, 6.07) is 0. The zero-order valence-electron chi connectivity index (χ0n) is 11.8. The third-order valence-corrected chi connectivity index (χ3v) is 4.62. The van der Waals surface area contributed by atoms with Gasteiger partial charge in [0, 0.05) is 18.0 Å². The Labute approximate surface area is 115 Å². The van der Waals surface area contributed by atoms with Crippen molar-refractivity contribution >= 4 is 11.3 Å². The summed E-state index contributed by atoms with van der Waals surface area (Å²) in [4.78, 5) is 8.44. The van der Waals surface area contributed by atoms with Gasteiger partial charge in [-0.1, -0.05) is 6.92 Å². The predicted molar refractivity (Wildman–Crippen MR) is 78.1 cm³/mol. The van der Waals surface area contributed by atoms with E-state index in [0.717, 1.165) is 19.0 Å². The van der Waals surface area contributed by atoms with Crippen LogP contribution in [0.1, 0.15) is 35.3 Å². The Kier molecular flexibility index (Phi) is 5.15. The minimum Gasteiger partial charge on any atom is -0.311 e. The Morgan fingerprint density at radius 3 is 2.67 bits per heavy atom. The second-order valence-electron chi connectivity index (χ2n) is 5.49. The standard InChI is InChI=1S/C14H25N3S/c1-11(10-17-6-4-5-7-17)8-15-9-14-12(2)16-13(3)18-14/h11,15H,4-10H2,1-3H3. The molecule has 0 saturated carbocycles. The summed E-state index contributed by atoms with van der Waals surface area (Å²) in [6.07, 6.45) is 2.78. The van der Waals surface area contributed by atoms with Crippen molar-refractivity contribution < 1.29 is 0 Å². The molecule has 4 heteroatoms. The molecule has 1 aromatic heterocycles. The van der Waals surface area contributed by atoms with Crippen LogP contribution in [0.3, 0.4) is 0 Å². The number of hydrogen-bond donors (Lipinski definition) is 1. The molecule has 1 atom stereocenters. The highest BCUT2D eigenvalue weighted by molar-refractivity contribution is 7.11. The average Bonchev–Trinajstić information content (AvgIpc) is 2.89. The van der Waals surface area contributed by atoms with Crippen LogP contribution in [0.4, 0.5) is 0 Å². The van der Waals surface area contributed by atoms with Crippen LogP contribution in [0.5, 0.6) is 0 Å². The van der Waals surface area contributed by atoms with Crippen LogP contribution < -0.4 is 5.32 Å². The molecule has 0 amide bonds. The monoisotopic (exact) mass is 267 g/mol. The fourth-order valence-corrected chi connectivity index (χ4v) is 3.55. The lowest BCUT2D eigenvalue weighted by molar-refractivity contribution is 0.282. The summed E-state index contributed by atoms with van der Waals surface area (Å²) in [6.45, 7) is 12.5. The molecule has 0 spiro atoms. The number of nitrogens with one attached hydrogen (secondary N) is 1. The number of nitrogens with zero attached hydrogens (tertiary/aromatic N) is 2. The predicted octanol–water partition coefficient (Wildman–Crippen LogP) is 2.58. The SMILES string of the molecule is Cc1nc(C)c(CNCC(C)CN2CCCC2)s1. The van der Waals surface area contributed by atoms with E-state index >= 15 is 0 Å². The second-order valence-corrected chi connectivity index (χ2v) is 6.77. The van der Waals surface area contributed by atoms with Crippen LogP contribution in [0, 0.1) is 19.8 Å². The highest BCUT2D eigenvalue weighted by Gasteiger charge is 2.14. The van der Waals surface area contributed by atoms with Gasteiger partial charge in [0.05, 0.1) is 10.7 Å².